The van der Waals surface area contributed by atoms with Crippen LogP contribution in [-0.4, -0.2) is 16.6 Å². The van der Waals surface area contributed by atoms with Crippen molar-refractivity contribution in [3.8, 4) is 0 Å². The molecule has 1 heterocycles. The molecule has 6 heteroatoms. The highest BCUT2D eigenvalue weighted by molar-refractivity contribution is 9.10. The quantitative estimate of drug-likeness (QED) is 0.673. The summed E-state index contributed by atoms with van der Waals surface area (Å²) in [6, 6.07) is 12.8. The molecule has 0 spiro atoms. The van der Waals surface area contributed by atoms with E-state index in [4.69, 9.17) is 0 Å². The van der Waals surface area contributed by atoms with Gasteiger partial charge >= 0.3 is 0 Å². The Morgan fingerprint density at radius 2 is 1.83 bits per heavy atom. The minimum absolute atomic E-state index is 0.00189. The van der Waals surface area contributed by atoms with E-state index in [1.807, 2.05) is 18.2 Å². The summed E-state index contributed by atoms with van der Waals surface area (Å²) in [5, 5.41) is 13.8. The first kappa shape index (κ1) is 17.5. The third-order valence-electron chi connectivity index (χ3n) is 3.70. The summed E-state index contributed by atoms with van der Waals surface area (Å²) in [5.74, 6) is -0.427. The molecule has 0 bridgehead atoms. The van der Waals surface area contributed by atoms with Crippen LogP contribution >= 0.6 is 27.9 Å². The summed E-state index contributed by atoms with van der Waals surface area (Å²) in [4.78, 5) is 13.4. The molecule has 1 aliphatic heterocycles. The van der Waals surface area contributed by atoms with Crippen molar-refractivity contribution in [2.24, 2.45) is 0 Å². The summed E-state index contributed by atoms with van der Waals surface area (Å²) >= 11 is 4.92. The van der Waals surface area contributed by atoms with Gasteiger partial charge in [-0.25, -0.2) is 0 Å². The van der Waals surface area contributed by atoms with Crippen molar-refractivity contribution in [2.45, 2.75) is 36.8 Å². The Morgan fingerprint density at radius 1 is 1.17 bits per heavy atom. The lowest BCUT2D eigenvalue weighted by atomic mass is 9.88. The van der Waals surface area contributed by atoms with Crippen molar-refractivity contribution in [3.63, 3.8) is 0 Å². The Hall–Kier alpha value is -1.34. The summed E-state index contributed by atoms with van der Waals surface area (Å²) in [5.41, 5.74) is 0.0864. The van der Waals surface area contributed by atoms with E-state index in [1.54, 1.807) is 24.3 Å². The third-order valence-corrected chi connectivity index (χ3v) is 5.41. The van der Waals surface area contributed by atoms with E-state index < -0.39 is 11.5 Å². The van der Waals surface area contributed by atoms with Gasteiger partial charge in [-0.3, -0.25) is 9.52 Å². The van der Waals surface area contributed by atoms with Crippen LogP contribution in [-0.2, 0) is 10.4 Å². The number of carbonyl (C=O) groups excluding carboxylic acids is 1. The Bertz CT molecular complexity index is 787. The molecule has 2 aromatic carbocycles. The van der Waals surface area contributed by atoms with E-state index >= 15 is 0 Å². The molecular weight excluding hydrogens is 388 g/mol. The number of rotatable bonds is 3. The lowest BCUT2D eigenvalue weighted by Gasteiger charge is -2.22. The summed E-state index contributed by atoms with van der Waals surface area (Å²) in [6.07, 6.45) is 0. The Labute approximate surface area is 154 Å². The van der Waals surface area contributed by atoms with Crippen LogP contribution in [0.1, 0.15) is 31.9 Å². The van der Waals surface area contributed by atoms with Crippen LogP contribution in [0, 0.1) is 0 Å². The lowest BCUT2D eigenvalue weighted by Crippen LogP contribution is -2.35. The monoisotopic (exact) mass is 406 g/mol. The summed E-state index contributed by atoms with van der Waals surface area (Å²) < 4.78 is 4.15. The van der Waals surface area contributed by atoms with Crippen LogP contribution in [0.25, 0.3) is 0 Å². The second-order valence-corrected chi connectivity index (χ2v) is 8.63. The van der Waals surface area contributed by atoms with Gasteiger partial charge in [0.1, 0.15) is 0 Å². The number of anilines is 1. The summed E-state index contributed by atoms with van der Waals surface area (Å²) in [7, 11) is 0. The molecule has 0 aliphatic carbocycles. The minimum Gasteiger partial charge on any atom is -0.372 e. The highest BCUT2D eigenvalue weighted by Gasteiger charge is 2.46. The Morgan fingerprint density at radius 3 is 2.46 bits per heavy atom. The highest BCUT2D eigenvalue weighted by Crippen LogP contribution is 2.42. The molecule has 126 valence electrons. The molecule has 0 radical (unpaired) electrons. The molecule has 0 saturated heterocycles. The number of hydrogen-bond acceptors (Lipinski definition) is 4. The number of halogens is 1. The van der Waals surface area contributed by atoms with Gasteiger partial charge in [-0.2, -0.15) is 0 Å². The molecular formula is C18H19BrN2O2S. The van der Waals surface area contributed by atoms with Crippen LogP contribution in [0.4, 0.5) is 5.69 Å². The average Bonchev–Trinajstić information content (AvgIpc) is 2.77. The normalized spacial score (nSPS) is 20.0. The van der Waals surface area contributed by atoms with Gasteiger partial charge in [-0.15, -0.1) is 0 Å². The first-order valence-corrected chi connectivity index (χ1v) is 9.19. The van der Waals surface area contributed by atoms with E-state index in [2.05, 4.69) is 46.7 Å². The van der Waals surface area contributed by atoms with Crippen molar-refractivity contribution in [1.82, 2.24) is 4.72 Å². The lowest BCUT2D eigenvalue weighted by molar-refractivity contribution is -0.129. The number of hydrogen-bond donors (Lipinski definition) is 3. The molecule has 24 heavy (non-hydrogen) atoms. The molecule has 0 fully saturated rings. The van der Waals surface area contributed by atoms with Crippen molar-refractivity contribution < 1.29 is 9.90 Å². The second kappa shape index (κ2) is 6.19. The van der Waals surface area contributed by atoms with Gasteiger partial charge in [0.05, 0.1) is 0 Å². The molecule has 0 saturated carbocycles. The molecule has 3 N–H and O–H groups in total. The first-order valence-electron chi connectivity index (χ1n) is 7.58. The van der Waals surface area contributed by atoms with Gasteiger partial charge in [0, 0.05) is 26.2 Å². The predicted octanol–water partition coefficient (Wildman–Crippen LogP) is 4.03. The van der Waals surface area contributed by atoms with E-state index in [0.717, 1.165) is 9.37 Å². The number of aliphatic hydroxyl groups is 1. The number of benzene rings is 2. The zero-order valence-corrected chi connectivity index (χ0v) is 16.1. The van der Waals surface area contributed by atoms with Crippen molar-refractivity contribution in [3.05, 3.63) is 58.1 Å². The zero-order valence-electron chi connectivity index (χ0n) is 13.7. The maximum absolute atomic E-state index is 12.4. The van der Waals surface area contributed by atoms with Crippen molar-refractivity contribution >= 4 is 39.5 Å². The second-order valence-electron chi connectivity index (χ2n) is 6.83. The molecule has 1 aliphatic rings. The number of amides is 1. The van der Waals surface area contributed by atoms with Crippen LogP contribution in [0.5, 0.6) is 0 Å². The molecule has 4 nitrogen and oxygen atoms in total. The minimum atomic E-state index is -1.67. The van der Waals surface area contributed by atoms with Crippen LogP contribution in [0.2, 0.25) is 0 Å². The van der Waals surface area contributed by atoms with E-state index in [0.29, 0.717) is 16.8 Å². The Kier molecular flexibility index (Phi) is 4.51. The predicted molar refractivity (Wildman–Crippen MR) is 101 cm³/mol. The van der Waals surface area contributed by atoms with Gasteiger partial charge in [0.2, 0.25) is 0 Å². The molecule has 3 rings (SSSR count). The summed E-state index contributed by atoms with van der Waals surface area (Å²) in [6.45, 7) is 6.28. The fourth-order valence-electron chi connectivity index (χ4n) is 2.52. The third kappa shape index (κ3) is 3.24. The van der Waals surface area contributed by atoms with Gasteiger partial charge in [0.15, 0.2) is 5.60 Å². The Balaban J connectivity index is 1.92. The molecule has 0 aromatic heterocycles. The topological polar surface area (TPSA) is 61.4 Å². The van der Waals surface area contributed by atoms with E-state index in [-0.39, 0.29) is 5.54 Å². The van der Waals surface area contributed by atoms with Crippen LogP contribution in [0.3, 0.4) is 0 Å². The first-order chi connectivity index (χ1) is 11.2. The van der Waals surface area contributed by atoms with E-state index in [1.165, 1.54) is 11.9 Å². The molecule has 1 atom stereocenters. The van der Waals surface area contributed by atoms with Gasteiger partial charge in [0.25, 0.3) is 5.91 Å². The number of fused-ring (bicyclic) bond motifs is 1. The average molecular weight is 407 g/mol. The van der Waals surface area contributed by atoms with Crippen molar-refractivity contribution in [2.75, 3.05) is 5.32 Å². The van der Waals surface area contributed by atoms with Gasteiger partial charge < -0.3 is 10.4 Å². The smallest absolute Gasteiger partial charge is 0.265 e. The highest BCUT2D eigenvalue weighted by atomic mass is 79.9. The zero-order chi connectivity index (χ0) is 17.5. The molecule has 2 aromatic rings. The largest absolute Gasteiger partial charge is 0.372 e. The fraction of sp³-hybridized carbons (Fsp3) is 0.278. The SMILES string of the molecule is CC(C)(C)NSc1ccc(C2(O)C(=O)Nc3ccc(Br)cc32)cc1. The van der Waals surface area contributed by atoms with E-state index in [9.17, 15) is 9.90 Å². The number of nitrogens with one attached hydrogen (secondary N) is 2. The standard InChI is InChI=1S/C18H19BrN2O2S/c1-17(2,3)21-24-13-7-4-11(5-8-13)18(23)14-10-12(19)6-9-15(14)20-16(18)22/h4-10,21,23H,1-3H3,(H,20,22). The maximum Gasteiger partial charge on any atom is 0.265 e. The van der Waals surface area contributed by atoms with Crippen LogP contribution < -0.4 is 10.0 Å². The maximum atomic E-state index is 12.4. The van der Waals surface area contributed by atoms with Crippen LogP contribution in [0.15, 0.2) is 51.8 Å². The fourth-order valence-corrected chi connectivity index (χ4v) is 3.58. The van der Waals surface area contributed by atoms with Gasteiger partial charge in [-0.1, -0.05) is 28.1 Å². The number of carbonyl (C=O) groups is 1. The van der Waals surface area contributed by atoms with Crippen molar-refractivity contribution in [1.29, 1.82) is 0 Å². The van der Waals surface area contributed by atoms with Gasteiger partial charge in [-0.05, 0) is 68.6 Å². The molecule has 1 amide bonds. The molecule has 1 unspecified atom stereocenters.